The first-order valence-electron chi connectivity index (χ1n) is 5.19. The minimum Gasteiger partial charge on any atom is -0.309 e. The monoisotopic (exact) mass is 267 g/mol. The van der Waals surface area contributed by atoms with Crippen molar-refractivity contribution < 1.29 is 16.8 Å². The van der Waals surface area contributed by atoms with Gasteiger partial charge in [-0.15, -0.1) is 0 Å². The van der Waals surface area contributed by atoms with Gasteiger partial charge < -0.3 is 5.32 Å². The molecule has 0 aromatic rings. The Bertz CT molecular complexity index is 450. The second-order valence-corrected chi connectivity index (χ2v) is 8.11. The zero-order valence-electron chi connectivity index (χ0n) is 9.22. The molecule has 16 heavy (non-hydrogen) atoms. The highest BCUT2D eigenvalue weighted by molar-refractivity contribution is 7.94. The molecule has 1 aliphatic rings. The van der Waals surface area contributed by atoms with Crippen molar-refractivity contribution in [2.45, 2.75) is 19.4 Å². The zero-order chi connectivity index (χ0) is 12.2. The lowest BCUT2D eigenvalue weighted by atomic mass is 10.3. The molecule has 1 atom stereocenters. The van der Waals surface area contributed by atoms with Gasteiger partial charge in [-0.25, -0.2) is 16.8 Å². The van der Waals surface area contributed by atoms with Crippen LogP contribution in [0.1, 0.15) is 13.3 Å². The van der Waals surface area contributed by atoms with Gasteiger partial charge in [0.15, 0.2) is 19.7 Å². The fraction of sp³-hybridized carbons (Fsp3) is 0.778. The summed E-state index contributed by atoms with van der Waals surface area (Å²) in [5.74, 6) is 0.277. The Morgan fingerprint density at radius 2 is 2.06 bits per heavy atom. The quantitative estimate of drug-likeness (QED) is 0.715. The van der Waals surface area contributed by atoms with Crippen LogP contribution in [0.25, 0.3) is 0 Å². The van der Waals surface area contributed by atoms with Crippen molar-refractivity contribution in [1.82, 2.24) is 5.32 Å². The molecule has 0 aliphatic carbocycles. The zero-order valence-corrected chi connectivity index (χ0v) is 10.9. The molecule has 1 heterocycles. The summed E-state index contributed by atoms with van der Waals surface area (Å²) in [6.45, 7) is 2.12. The van der Waals surface area contributed by atoms with Gasteiger partial charge in [0.1, 0.15) is 0 Å². The van der Waals surface area contributed by atoms with E-state index in [9.17, 15) is 16.8 Å². The van der Waals surface area contributed by atoms with Crippen molar-refractivity contribution in [2.75, 3.05) is 23.8 Å². The molecule has 0 bridgehead atoms. The van der Waals surface area contributed by atoms with Crippen molar-refractivity contribution in [3.63, 3.8) is 0 Å². The van der Waals surface area contributed by atoms with Crippen LogP contribution in [0.5, 0.6) is 0 Å². The van der Waals surface area contributed by atoms with Gasteiger partial charge in [-0.2, -0.15) is 0 Å². The van der Waals surface area contributed by atoms with Gasteiger partial charge in [-0.3, -0.25) is 0 Å². The Labute approximate surface area is 96.8 Å². The summed E-state index contributed by atoms with van der Waals surface area (Å²) < 4.78 is 44.8. The van der Waals surface area contributed by atoms with Crippen LogP contribution < -0.4 is 5.32 Å². The lowest BCUT2D eigenvalue weighted by Crippen LogP contribution is -2.34. The third-order valence-corrected chi connectivity index (χ3v) is 5.52. The van der Waals surface area contributed by atoms with Crippen LogP contribution >= 0.6 is 0 Å². The van der Waals surface area contributed by atoms with E-state index in [1.165, 1.54) is 5.41 Å². The molecule has 0 amide bonds. The predicted octanol–water partition coefficient (Wildman–Crippen LogP) is -0.288. The molecule has 0 fully saturated rings. The summed E-state index contributed by atoms with van der Waals surface area (Å²) in [6, 6.07) is -0.248. The average Bonchev–Trinajstić information content (AvgIpc) is 2.45. The van der Waals surface area contributed by atoms with Gasteiger partial charge in [0.05, 0.1) is 11.5 Å². The number of hydrogen-bond donors (Lipinski definition) is 1. The summed E-state index contributed by atoms with van der Waals surface area (Å²) >= 11 is 0. The van der Waals surface area contributed by atoms with E-state index >= 15 is 0 Å². The first-order valence-corrected chi connectivity index (χ1v) is 8.73. The maximum absolute atomic E-state index is 11.4. The largest absolute Gasteiger partial charge is 0.309 e. The summed E-state index contributed by atoms with van der Waals surface area (Å²) in [6.07, 6.45) is 2.17. The Morgan fingerprint density at radius 1 is 1.38 bits per heavy atom. The molecule has 1 unspecified atom stereocenters. The third-order valence-electron chi connectivity index (χ3n) is 2.26. The molecule has 1 N–H and O–H groups in total. The molecule has 0 aromatic carbocycles. The number of sulfone groups is 2. The van der Waals surface area contributed by atoms with Gasteiger partial charge in [-0.05, 0) is 6.42 Å². The predicted molar refractivity (Wildman–Crippen MR) is 63.7 cm³/mol. The molecule has 7 heteroatoms. The van der Waals surface area contributed by atoms with Crippen molar-refractivity contribution in [2.24, 2.45) is 0 Å². The van der Waals surface area contributed by atoms with Gasteiger partial charge in [0.25, 0.3) is 0 Å². The van der Waals surface area contributed by atoms with E-state index in [1.807, 2.05) is 6.92 Å². The lowest BCUT2D eigenvalue weighted by Gasteiger charge is -2.09. The maximum atomic E-state index is 11.4. The normalized spacial score (nSPS) is 23.7. The molecule has 0 spiro atoms. The number of hydrogen-bond acceptors (Lipinski definition) is 5. The number of rotatable bonds is 6. The Morgan fingerprint density at radius 3 is 2.56 bits per heavy atom. The van der Waals surface area contributed by atoms with Crippen molar-refractivity contribution >= 4 is 19.7 Å². The van der Waals surface area contributed by atoms with Crippen LogP contribution in [0.15, 0.2) is 11.5 Å². The van der Waals surface area contributed by atoms with E-state index in [-0.39, 0.29) is 23.3 Å². The van der Waals surface area contributed by atoms with Gasteiger partial charge in [0, 0.05) is 23.7 Å². The van der Waals surface area contributed by atoms with Gasteiger partial charge in [-0.1, -0.05) is 13.0 Å². The van der Waals surface area contributed by atoms with Gasteiger partial charge >= 0.3 is 0 Å². The van der Waals surface area contributed by atoms with E-state index in [1.54, 1.807) is 6.08 Å². The maximum Gasteiger partial charge on any atom is 0.173 e. The molecule has 1 aliphatic heterocycles. The van der Waals surface area contributed by atoms with Crippen LogP contribution in [0.4, 0.5) is 0 Å². The Hall–Kier alpha value is -0.400. The highest BCUT2D eigenvalue weighted by Crippen LogP contribution is 2.07. The van der Waals surface area contributed by atoms with E-state index in [0.29, 0.717) is 13.0 Å². The molecular formula is C9H17NO4S2. The van der Waals surface area contributed by atoms with E-state index in [2.05, 4.69) is 5.32 Å². The molecule has 0 aromatic heterocycles. The standard InChI is InChI=1S/C9H17NO4S2/c1-2-5-15(11,12)7-4-10-9-3-6-16(13,14)8-9/h3,6,9-10H,2,4-5,7-8H2,1H3. The highest BCUT2D eigenvalue weighted by Gasteiger charge is 2.21. The van der Waals surface area contributed by atoms with Crippen molar-refractivity contribution in [3.05, 3.63) is 11.5 Å². The number of nitrogens with one attached hydrogen (secondary N) is 1. The molecule has 0 saturated carbocycles. The molecule has 5 nitrogen and oxygen atoms in total. The first-order chi connectivity index (χ1) is 7.35. The first kappa shape index (κ1) is 13.7. The van der Waals surface area contributed by atoms with Crippen LogP contribution in [0, 0.1) is 0 Å². The molecule has 0 saturated heterocycles. The average molecular weight is 267 g/mol. The smallest absolute Gasteiger partial charge is 0.173 e. The fourth-order valence-electron chi connectivity index (χ4n) is 1.52. The van der Waals surface area contributed by atoms with Crippen LogP contribution in [0.2, 0.25) is 0 Å². The lowest BCUT2D eigenvalue weighted by molar-refractivity contribution is 0.583. The summed E-state index contributed by atoms with van der Waals surface area (Å²) in [5.41, 5.74) is 0. The molecule has 1 rings (SSSR count). The van der Waals surface area contributed by atoms with Crippen LogP contribution in [-0.2, 0) is 19.7 Å². The summed E-state index contributed by atoms with van der Waals surface area (Å²) in [5, 5.41) is 4.08. The SMILES string of the molecule is CCCS(=O)(=O)CCNC1C=CS(=O)(=O)C1. The topological polar surface area (TPSA) is 80.3 Å². The second-order valence-electron chi connectivity index (χ2n) is 3.87. The minimum absolute atomic E-state index is 0.0286. The minimum atomic E-state index is -3.06. The van der Waals surface area contributed by atoms with Gasteiger partial charge in [0.2, 0.25) is 0 Å². The second kappa shape index (κ2) is 5.29. The van der Waals surface area contributed by atoms with E-state index < -0.39 is 19.7 Å². The fourth-order valence-corrected chi connectivity index (χ4v) is 4.04. The molecule has 94 valence electrons. The molecular weight excluding hydrogens is 250 g/mol. The van der Waals surface area contributed by atoms with E-state index in [0.717, 1.165) is 0 Å². The van der Waals surface area contributed by atoms with Crippen LogP contribution in [0.3, 0.4) is 0 Å². The summed E-state index contributed by atoms with van der Waals surface area (Å²) in [4.78, 5) is 0. The summed E-state index contributed by atoms with van der Waals surface area (Å²) in [7, 11) is -6.05. The van der Waals surface area contributed by atoms with E-state index in [4.69, 9.17) is 0 Å². The Kier molecular flexibility index (Phi) is 4.52. The highest BCUT2D eigenvalue weighted by atomic mass is 32.2. The Balaban J connectivity index is 2.31. The van der Waals surface area contributed by atoms with Crippen LogP contribution in [-0.4, -0.2) is 46.7 Å². The molecule has 0 radical (unpaired) electrons. The van der Waals surface area contributed by atoms with Crippen molar-refractivity contribution in [1.29, 1.82) is 0 Å². The van der Waals surface area contributed by atoms with Crippen molar-refractivity contribution in [3.8, 4) is 0 Å². The third kappa shape index (κ3) is 4.63.